The van der Waals surface area contributed by atoms with Crippen LogP contribution in [-0.2, 0) is 0 Å². The molecule has 0 radical (unpaired) electrons. The molecule has 2 rings (SSSR count). The minimum Gasteiger partial charge on any atom is -0.494 e. The Morgan fingerprint density at radius 2 is 2.19 bits per heavy atom. The number of nitrogen functional groups attached to an aromatic ring is 1. The second-order valence-corrected chi connectivity index (χ2v) is 4.53. The molecule has 0 fully saturated rings. The quantitative estimate of drug-likeness (QED) is 0.905. The predicted molar refractivity (Wildman–Crippen MR) is 77.5 cm³/mol. The maximum atomic E-state index is 13.7. The number of rotatable bonds is 4. The highest BCUT2D eigenvalue weighted by Crippen LogP contribution is 2.22. The van der Waals surface area contributed by atoms with Gasteiger partial charge < -0.3 is 15.8 Å². The second-order valence-electron chi connectivity index (χ2n) is 4.53. The van der Waals surface area contributed by atoms with Crippen LogP contribution in [0.25, 0.3) is 0 Å². The summed E-state index contributed by atoms with van der Waals surface area (Å²) >= 11 is 0. The Hall–Kier alpha value is -2.63. The molecule has 1 unspecified atom stereocenters. The van der Waals surface area contributed by atoms with Gasteiger partial charge in [0, 0.05) is 6.20 Å². The third-order valence-corrected chi connectivity index (χ3v) is 3.08. The van der Waals surface area contributed by atoms with Crippen molar-refractivity contribution in [1.82, 2.24) is 10.3 Å². The van der Waals surface area contributed by atoms with Crippen LogP contribution < -0.4 is 15.8 Å². The van der Waals surface area contributed by atoms with Crippen molar-refractivity contribution in [3.63, 3.8) is 0 Å². The lowest BCUT2D eigenvalue weighted by molar-refractivity contribution is 0.0936. The number of hydrogen-bond acceptors (Lipinski definition) is 4. The molecule has 2 aromatic rings. The number of nitrogens with one attached hydrogen (secondary N) is 1. The summed E-state index contributed by atoms with van der Waals surface area (Å²) in [4.78, 5) is 16.0. The Balaban J connectivity index is 2.14. The molecule has 3 N–H and O–H groups in total. The van der Waals surface area contributed by atoms with Crippen LogP contribution in [0.5, 0.6) is 5.75 Å². The summed E-state index contributed by atoms with van der Waals surface area (Å²) in [5.41, 5.74) is 6.77. The standard InChI is InChI=1S/C15H16FN3O2/c1-9(10-5-6-13(21-2)11(16)8-10)19-15(20)14-12(17)4-3-7-18-14/h3-9H,17H2,1-2H3,(H,19,20). The molecule has 1 aromatic heterocycles. The molecular weight excluding hydrogens is 273 g/mol. The average molecular weight is 289 g/mol. The van der Waals surface area contributed by atoms with Gasteiger partial charge in [-0.3, -0.25) is 4.79 Å². The molecule has 6 heteroatoms. The first-order chi connectivity index (χ1) is 10.0. The van der Waals surface area contributed by atoms with Crippen molar-refractivity contribution in [2.75, 3.05) is 12.8 Å². The van der Waals surface area contributed by atoms with Gasteiger partial charge in [0.15, 0.2) is 17.3 Å². The maximum Gasteiger partial charge on any atom is 0.272 e. The summed E-state index contributed by atoms with van der Waals surface area (Å²) in [5.74, 6) is -0.725. The number of methoxy groups -OCH3 is 1. The van der Waals surface area contributed by atoms with E-state index in [2.05, 4.69) is 10.3 Å². The summed E-state index contributed by atoms with van der Waals surface area (Å²) in [5, 5.41) is 2.73. The van der Waals surface area contributed by atoms with Gasteiger partial charge >= 0.3 is 0 Å². The fourth-order valence-corrected chi connectivity index (χ4v) is 1.91. The van der Waals surface area contributed by atoms with Crippen molar-refractivity contribution in [3.05, 3.63) is 53.6 Å². The maximum absolute atomic E-state index is 13.7. The van der Waals surface area contributed by atoms with Crippen molar-refractivity contribution in [1.29, 1.82) is 0 Å². The van der Waals surface area contributed by atoms with Gasteiger partial charge in [-0.15, -0.1) is 0 Å². The molecule has 0 saturated carbocycles. The van der Waals surface area contributed by atoms with E-state index in [1.54, 1.807) is 25.1 Å². The summed E-state index contributed by atoms with van der Waals surface area (Å²) in [6, 6.07) is 7.38. The summed E-state index contributed by atoms with van der Waals surface area (Å²) in [7, 11) is 1.40. The van der Waals surface area contributed by atoms with Crippen LogP contribution >= 0.6 is 0 Å². The first-order valence-electron chi connectivity index (χ1n) is 6.37. The van der Waals surface area contributed by atoms with Crippen molar-refractivity contribution in [2.45, 2.75) is 13.0 Å². The van der Waals surface area contributed by atoms with Gasteiger partial charge in [0.05, 0.1) is 18.8 Å². The van der Waals surface area contributed by atoms with E-state index in [1.165, 1.54) is 25.4 Å². The normalized spacial score (nSPS) is 11.8. The molecule has 1 heterocycles. The number of benzene rings is 1. The molecule has 0 spiro atoms. The van der Waals surface area contributed by atoms with Crippen molar-refractivity contribution in [2.24, 2.45) is 0 Å². The molecule has 110 valence electrons. The SMILES string of the molecule is COc1ccc(C(C)NC(=O)c2ncccc2N)cc1F. The van der Waals surface area contributed by atoms with E-state index in [0.717, 1.165) is 0 Å². The van der Waals surface area contributed by atoms with Gasteiger partial charge in [-0.2, -0.15) is 0 Å². The number of nitrogens with two attached hydrogens (primary N) is 1. The number of amides is 1. The Labute approximate surface area is 121 Å². The van der Waals surface area contributed by atoms with Gasteiger partial charge in [0.1, 0.15) is 0 Å². The number of anilines is 1. The highest BCUT2D eigenvalue weighted by molar-refractivity contribution is 5.97. The van der Waals surface area contributed by atoms with E-state index >= 15 is 0 Å². The Morgan fingerprint density at radius 1 is 1.43 bits per heavy atom. The van der Waals surface area contributed by atoms with Gasteiger partial charge in [0.25, 0.3) is 5.91 Å². The number of hydrogen-bond donors (Lipinski definition) is 2. The van der Waals surface area contributed by atoms with Crippen LogP contribution in [0.15, 0.2) is 36.5 Å². The van der Waals surface area contributed by atoms with Crippen LogP contribution in [0.2, 0.25) is 0 Å². The third-order valence-electron chi connectivity index (χ3n) is 3.08. The molecule has 1 atom stereocenters. The summed E-state index contributed by atoms with van der Waals surface area (Å²) in [6.07, 6.45) is 1.49. The molecule has 0 saturated heterocycles. The highest BCUT2D eigenvalue weighted by atomic mass is 19.1. The van der Waals surface area contributed by atoms with Crippen LogP contribution in [0.4, 0.5) is 10.1 Å². The lowest BCUT2D eigenvalue weighted by Gasteiger charge is -2.15. The zero-order chi connectivity index (χ0) is 15.4. The van der Waals surface area contributed by atoms with Crippen molar-refractivity contribution < 1.29 is 13.9 Å². The largest absolute Gasteiger partial charge is 0.494 e. The molecule has 1 aromatic carbocycles. The van der Waals surface area contributed by atoms with E-state index in [0.29, 0.717) is 11.3 Å². The number of carbonyl (C=O) groups is 1. The Bertz CT molecular complexity index is 661. The minimum atomic E-state index is -0.478. The fraction of sp³-hybridized carbons (Fsp3) is 0.200. The molecule has 0 aliphatic rings. The van der Waals surface area contributed by atoms with Gasteiger partial charge in [-0.1, -0.05) is 6.07 Å². The summed E-state index contributed by atoms with van der Waals surface area (Å²) in [6.45, 7) is 1.75. The van der Waals surface area contributed by atoms with Crippen molar-refractivity contribution >= 4 is 11.6 Å². The summed E-state index contributed by atoms with van der Waals surface area (Å²) < 4.78 is 18.5. The number of aromatic nitrogens is 1. The monoisotopic (exact) mass is 289 g/mol. The molecule has 0 aliphatic heterocycles. The van der Waals surface area contributed by atoms with E-state index in [4.69, 9.17) is 10.5 Å². The third kappa shape index (κ3) is 3.28. The predicted octanol–water partition coefficient (Wildman–Crippen LogP) is 2.30. The first-order valence-corrected chi connectivity index (χ1v) is 6.37. The Morgan fingerprint density at radius 3 is 2.81 bits per heavy atom. The van der Waals surface area contributed by atoms with Crippen LogP contribution in [0, 0.1) is 5.82 Å². The molecule has 1 amide bonds. The number of pyridine rings is 1. The van der Waals surface area contributed by atoms with Gasteiger partial charge in [-0.25, -0.2) is 9.37 Å². The van der Waals surface area contributed by atoms with Gasteiger partial charge in [0.2, 0.25) is 0 Å². The molecule has 0 aliphatic carbocycles. The number of nitrogens with zero attached hydrogens (tertiary/aromatic N) is 1. The van der Waals surface area contributed by atoms with E-state index in [1.807, 2.05) is 0 Å². The van der Waals surface area contributed by atoms with Crippen LogP contribution in [0.3, 0.4) is 0 Å². The van der Waals surface area contributed by atoms with Crippen LogP contribution in [-0.4, -0.2) is 18.0 Å². The second kappa shape index (κ2) is 6.21. The highest BCUT2D eigenvalue weighted by Gasteiger charge is 2.16. The topological polar surface area (TPSA) is 77.2 Å². The minimum absolute atomic E-state index is 0.151. The zero-order valence-corrected chi connectivity index (χ0v) is 11.8. The smallest absolute Gasteiger partial charge is 0.272 e. The zero-order valence-electron chi connectivity index (χ0n) is 11.8. The van der Waals surface area contributed by atoms with E-state index < -0.39 is 11.7 Å². The lowest BCUT2D eigenvalue weighted by Crippen LogP contribution is -2.28. The van der Waals surface area contributed by atoms with E-state index in [-0.39, 0.29) is 17.5 Å². The molecule has 0 bridgehead atoms. The van der Waals surface area contributed by atoms with Crippen LogP contribution in [0.1, 0.15) is 29.0 Å². The Kier molecular flexibility index (Phi) is 4.37. The van der Waals surface area contributed by atoms with E-state index in [9.17, 15) is 9.18 Å². The van der Waals surface area contributed by atoms with Crippen molar-refractivity contribution in [3.8, 4) is 5.75 Å². The number of ether oxygens (including phenoxy) is 1. The number of halogens is 1. The number of carbonyl (C=O) groups excluding carboxylic acids is 1. The molecular formula is C15H16FN3O2. The first kappa shape index (κ1) is 14.8. The molecule has 5 nitrogen and oxygen atoms in total. The fourth-order valence-electron chi connectivity index (χ4n) is 1.91. The van der Waals surface area contributed by atoms with Gasteiger partial charge in [-0.05, 0) is 36.8 Å². The average Bonchev–Trinajstić information content (AvgIpc) is 2.47. The lowest BCUT2D eigenvalue weighted by atomic mass is 10.1. The molecule has 21 heavy (non-hydrogen) atoms.